The summed E-state index contributed by atoms with van der Waals surface area (Å²) in [7, 11) is 0. The minimum Gasteiger partial charge on any atom is -0.486 e. The van der Waals surface area contributed by atoms with Crippen LogP contribution in [-0.4, -0.2) is 11.1 Å². The average molecular weight is 402 g/mol. The van der Waals surface area contributed by atoms with Crippen LogP contribution < -0.4 is 10.1 Å². The summed E-state index contributed by atoms with van der Waals surface area (Å²) in [6.07, 6.45) is -2.77. The number of alkyl halides is 3. The van der Waals surface area contributed by atoms with Crippen LogP contribution in [0.1, 0.15) is 40.2 Å². The van der Waals surface area contributed by atoms with Crippen LogP contribution in [0.2, 0.25) is 0 Å². The van der Waals surface area contributed by atoms with E-state index in [0.29, 0.717) is 0 Å². The molecule has 0 radical (unpaired) electrons. The second-order valence-electron chi connectivity index (χ2n) is 6.89. The van der Waals surface area contributed by atoms with Crippen molar-refractivity contribution in [2.45, 2.75) is 31.2 Å². The van der Waals surface area contributed by atoms with Crippen molar-refractivity contribution in [2.24, 2.45) is 0 Å². The van der Waals surface area contributed by atoms with Crippen molar-refractivity contribution >= 4 is 5.91 Å². The molecule has 1 heterocycles. The predicted octanol–water partition coefficient (Wildman–Crippen LogP) is 4.69. The van der Waals surface area contributed by atoms with Gasteiger partial charge in [-0.2, -0.15) is 13.2 Å². The van der Waals surface area contributed by atoms with Crippen molar-refractivity contribution in [2.75, 3.05) is 0 Å². The number of hydrogen-bond acceptors (Lipinski definition) is 4. The van der Waals surface area contributed by atoms with Gasteiger partial charge in [-0.05, 0) is 36.6 Å². The fourth-order valence-corrected chi connectivity index (χ4v) is 3.05. The van der Waals surface area contributed by atoms with E-state index in [-0.39, 0.29) is 35.3 Å². The van der Waals surface area contributed by atoms with Crippen LogP contribution in [0.4, 0.5) is 13.2 Å². The van der Waals surface area contributed by atoms with Gasteiger partial charge in [-0.3, -0.25) is 4.79 Å². The quantitative estimate of drug-likeness (QED) is 0.650. The molecule has 0 spiro atoms. The maximum absolute atomic E-state index is 12.8. The van der Waals surface area contributed by atoms with Crippen LogP contribution in [0.5, 0.6) is 5.75 Å². The van der Waals surface area contributed by atoms with Crippen molar-refractivity contribution < 1.29 is 27.2 Å². The zero-order chi connectivity index (χ0) is 20.5. The summed E-state index contributed by atoms with van der Waals surface area (Å²) in [5.74, 6) is -0.0965. The second-order valence-corrected chi connectivity index (χ2v) is 6.89. The van der Waals surface area contributed by atoms with Crippen molar-refractivity contribution in [3.63, 3.8) is 0 Å². The average Bonchev–Trinajstić information content (AvgIpc) is 3.33. The first-order chi connectivity index (χ1) is 13.9. The molecule has 8 heteroatoms. The molecule has 1 saturated carbocycles. The van der Waals surface area contributed by atoms with Gasteiger partial charge in [-0.1, -0.05) is 41.6 Å². The number of carbonyl (C=O) groups excluding carboxylic acids is 1. The lowest BCUT2D eigenvalue weighted by atomic mass is 10.0. The first-order valence-corrected chi connectivity index (χ1v) is 8.99. The Labute approximate surface area is 164 Å². The lowest BCUT2D eigenvalue weighted by molar-refractivity contribution is -0.137. The molecule has 1 amide bonds. The Morgan fingerprint density at radius 1 is 1.10 bits per heavy atom. The second kappa shape index (κ2) is 7.27. The first-order valence-electron chi connectivity index (χ1n) is 8.99. The SMILES string of the molecule is O=C(NC1(c2ccccc2)CC1)c1cc(COc2cccc(C(F)(F)F)c2)on1. The Morgan fingerprint density at radius 3 is 2.55 bits per heavy atom. The Kier molecular flexibility index (Phi) is 4.77. The molecule has 29 heavy (non-hydrogen) atoms. The summed E-state index contributed by atoms with van der Waals surface area (Å²) < 4.78 is 48.7. The van der Waals surface area contributed by atoms with Gasteiger partial charge in [0.2, 0.25) is 0 Å². The molecular formula is C21H17F3N2O3. The molecule has 1 N–H and O–H groups in total. The molecule has 5 nitrogen and oxygen atoms in total. The molecule has 1 aliphatic carbocycles. The molecule has 0 atom stereocenters. The van der Waals surface area contributed by atoms with E-state index in [1.807, 2.05) is 30.3 Å². The molecule has 1 aliphatic rings. The maximum atomic E-state index is 12.8. The Bertz CT molecular complexity index is 1010. The number of ether oxygens (including phenoxy) is 1. The largest absolute Gasteiger partial charge is 0.486 e. The summed E-state index contributed by atoms with van der Waals surface area (Å²) in [6, 6.07) is 15.6. The summed E-state index contributed by atoms with van der Waals surface area (Å²) >= 11 is 0. The van der Waals surface area contributed by atoms with E-state index in [1.54, 1.807) is 0 Å². The van der Waals surface area contributed by atoms with Gasteiger partial charge in [0.1, 0.15) is 12.4 Å². The Morgan fingerprint density at radius 2 is 1.86 bits per heavy atom. The lowest BCUT2D eigenvalue weighted by Gasteiger charge is -2.16. The predicted molar refractivity (Wildman–Crippen MR) is 97.1 cm³/mol. The van der Waals surface area contributed by atoms with Gasteiger partial charge in [0.25, 0.3) is 5.91 Å². The van der Waals surface area contributed by atoms with Crippen LogP contribution in [-0.2, 0) is 18.3 Å². The molecule has 3 aromatic rings. The highest BCUT2D eigenvalue weighted by molar-refractivity contribution is 5.93. The van der Waals surface area contributed by atoms with Crippen molar-refractivity contribution in [1.82, 2.24) is 10.5 Å². The van der Waals surface area contributed by atoms with E-state index >= 15 is 0 Å². The number of benzene rings is 2. The van der Waals surface area contributed by atoms with E-state index in [4.69, 9.17) is 9.26 Å². The van der Waals surface area contributed by atoms with Crippen molar-refractivity contribution in [3.8, 4) is 5.75 Å². The lowest BCUT2D eigenvalue weighted by Crippen LogP contribution is -2.35. The number of nitrogens with one attached hydrogen (secondary N) is 1. The topological polar surface area (TPSA) is 64.4 Å². The number of aromatic nitrogens is 1. The number of hydrogen-bond donors (Lipinski definition) is 1. The zero-order valence-corrected chi connectivity index (χ0v) is 15.2. The fourth-order valence-electron chi connectivity index (χ4n) is 3.05. The van der Waals surface area contributed by atoms with Gasteiger partial charge in [-0.15, -0.1) is 0 Å². The third kappa shape index (κ3) is 4.26. The van der Waals surface area contributed by atoms with Crippen molar-refractivity contribution in [3.05, 3.63) is 83.2 Å². The number of carbonyl (C=O) groups is 1. The molecule has 1 aromatic heterocycles. The van der Waals surface area contributed by atoms with Crippen molar-refractivity contribution in [1.29, 1.82) is 0 Å². The maximum Gasteiger partial charge on any atom is 0.416 e. The molecular weight excluding hydrogens is 385 g/mol. The smallest absolute Gasteiger partial charge is 0.416 e. The Hall–Kier alpha value is -3.29. The fraction of sp³-hybridized carbons (Fsp3) is 0.238. The number of halogens is 3. The van der Waals surface area contributed by atoms with Gasteiger partial charge in [0.15, 0.2) is 11.5 Å². The summed E-state index contributed by atoms with van der Waals surface area (Å²) in [6.45, 7) is -0.147. The van der Waals surface area contributed by atoms with E-state index in [2.05, 4.69) is 10.5 Å². The molecule has 1 fully saturated rings. The standard InChI is InChI=1S/C21H17F3N2O3/c22-21(23,24)15-7-4-8-16(11-15)28-13-17-12-18(26-29-17)19(27)25-20(9-10-20)14-5-2-1-3-6-14/h1-8,11-12H,9-10,13H2,(H,25,27). The normalized spacial score (nSPS) is 15.0. The molecule has 0 aliphatic heterocycles. The number of nitrogens with zero attached hydrogens (tertiary/aromatic N) is 1. The molecule has 2 aromatic carbocycles. The minimum absolute atomic E-state index is 0.0447. The molecule has 4 rings (SSSR count). The number of rotatable bonds is 6. The van der Waals surface area contributed by atoms with Gasteiger partial charge in [0.05, 0.1) is 11.1 Å². The monoisotopic (exact) mass is 402 g/mol. The van der Waals surface area contributed by atoms with E-state index in [9.17, 15) is 18.0 Å². The highest BCUT2D eigenvalue weighted by Gasteiger charge is 2.46. The van der Waals surface area contributed by atoms with E-state index in [0.717, 1.165) is 30.5 Å². The highest BCUT2D eigenvalue weighted by Crippen LogP contribution is 2.45. The van der Waals surface area contributed by atoms with E-state index < -0.39 is 11.7 Å². The van der Waals surface area contributed by atoms with E-state index in [1.165, 1.54) is 18.2 Å². The van der Waals surface area contributed by atoms with Crippen LogP contribution in [0.3, 0.4) is 0 Å². The van der Waals surface area contributed by atoms with Crippen LogP contribution in [0, 0.1) is 0 Å². The Balaban J connectivity index is 1.38. The summed E-state index contributed by atoms with van der Waals surface area (Å²) in [5, 5.41) is 6.73. The third-order valence-corrected chi connectivity index (χ3v) is 4.76. The van der Waals surface area contributed by atoms with Crippen LogP contribution >= 0.6 is 0 Å². The molecule has 150 valence electrons. The third-order valence-electron chi connectivity index (χ3n) is 4.76. The molecule has 0 bridgehead atoms. The van der Waals surface area contributed by atoms with Gasteiger partial charge in [-0.25, -0.2) is 0 Å². The summed E-state index contributed by atoms with van der Waals surface area (Å²) in [4.78, 5) is 12.5. The highest BCUT2D eigenvalue weighted by atomic mass is 19.4. The zero-order valence-electron chi connectivity index (χ0n) is 15.2. The van der Waals surface area contributed by atoms with Gasteiger partial charge < -0.3 is 14.6 Å². The van der Waals surface area contributed by atoms with Gasteiger partial charge >= 0.3 is 6.18 Å². The molecule has 0 saturated heterocycles. The van der Waals surface area contributed by atoms with Crippen LogP contribution in [0.25, 0.3) is 0 Å². The number of amides is 1. The minimum atomic E-state index is -4.45. The summed E-state index contributed by atoms with van der Waals surface area (Å²) in [5.41, 5.74) is -0.0607. The van der Waals surface area contributed by atoms with Crippen LogP contribution in [0.15, 0.2) is 65.2 Å². The first kappa shape index (κ1) is 19.0. The molecule has 0 unspecified atom stereocenters. The van der Waals surface area contributed by atoms with Gasteiger partial charge in [0, 0.05) is 6.07 Å².